The van der Waals surface area contributed by atoms with Crippen LogP contribution in [0.2, 0.25) is 0 Å². The van der Waals surface area contributed by atoms with Crippen molar-refractivity contribution in [3.05, 3.63) is 34.9 Å². The highest BCUT2D eigenvalue weighted by atomic mass is 14.9. The van der Waals surface area contributed by atoms with E-state index in [-0.39, 0.29) is 0 Å². The van der Waals surface area contributed by atoms with Gasteiger partial charge in [-0.05, 0) is 25.8 Å². The van der Waals surface area contributed by atoms with Gasteiger partial charge in [-0.1, -0.05) is 62.9 Å². The first-order chi connectivity index (χ1) is 8.02. The molecule has 0 saturated heterocycles. The van der Waals surface area contributed by atoms with Crippen molar-refractivity contribution in [3.8, 4) is 0 Å². The molecule has 0 heterocycles. The molecule has 1 nitrogen and oxygen atoms in total. The second-order valence-corrected chi connectivity index (χ2v) is 5.44. The van der Waals surface area contributed by atoms with Crippen molar-refractivity contribution >= 4 is 0 Å². The van der Waals surface area contributed by atoms with Gasteiger partial charge in [0, 0.05) is 12.1 Å². The van der Waals surface area contributed by atoms with E-state index in [2.05, 4.69) is 58.1 Å². The van der Waals surface area contributed by atoms with Crippen molar-refractivity contribution in [2.24, 2.45) is 0 Å². The van der Waals surface area contributed by atoms with Gasteiger partial charge in [0.2, 0.25) is 0 Å². The minimum absolute atomic E-state index is 0.508. The first kappa shape index (κ1) is 14.2. The summed E-state index contributed by atoms with van der Waals surface area (Å²) < 4.78 is 0. The minimum atomic E-state index is 0.508. The minimum Gasteiger partial charge on any atom is -0.308 e. The molecule has 0 aliphatic heterocycles. The van der Waals surface area contributed by atoms with Gasteiger partial charge in [-0.2, -0.15) is 0 Å². The van der Waals surface area contributed by atoms with Crippen molar-refractivity contribution < 1.29 is 0 Å². The molecular formula is C16H27N. The Bertz CT molecular complexity index is 321. The maximum Gasteiger partial charge on any atom is 0.0322 e. The standard InChI is InChI=1S/C16H27N/c1-6-7-8-16(17-12(2)3)15-10-13(4)9-14(5)11-15/h9-12,16-17H,6-8H2,1-5H3. The van der Waals surface area contributed by atoms with E-state index in [4.69, 9.17) is 0 Å². The van der Waals surface area contributed by atoms with Gasteiger partial charge in [0.1, 0.15) is 0 Å². The molecule has 1 N–H and O–H groups in total. The third-order valence-corrected chi connectivity index (χ3v) is 3.03. The molecule has 0 saturated carbocycles. The van der Waals surface area contributed by atoms with Crippen molar-refractivity contribution in [3.63, 3.8) is 0 Å². The average Bonchev–Trinajstić information content (AvgIpc) is 2.22. The summed E-state index contributed by atoms with van der Waals surface area (Å²) in [4.78, 5) is 0. The monoisotopic (exact) mass is 233 g/mol. The Labute approximate surface area is 107 Å². The van der Waals surface area contributed by atoms with Crippen molar-refractivity contribution in [2.75, 3.05) is 0 Å². The summed E-state index contributed by atoms with van der Waals surface area (Å²) >= 11 is 0. The summed E-state index contributed by atoms with van der Waals surface area (Å²) in [5, 5.41) is 3.69. The number of hydrogen-bond acceptors (Lipinski definition) is 1. The van der Waals surface area contributed by atoms with Crippen molar-refractivity contribution in [2.45, 2.75) is 66.0 Å². The number of hydrogen-bond donors (Lipinski definition) is 1. The SMILES string of the molecule is CCCCC(NC(C)C)c1cc(C)cc(C)c1. The Hall–Kier alpha value is -0.820. The summed E-state index contributed by atoms with van der Waals surface area (Å²) in [7, 11) is 0. The molecule has 0 aliphatic rings. The molecule has 1 unspecified atom stereocenters. The van der Waals surface area contributed by atoms with Crippen molar-refractivity contribution in [1.29, 1.82) is 0 Å². The van der Waals surface area contributed by atoms with Gasteiger partial charge in [-0.15, -0.1) is 0 Å². The van der Waals surface area contributed by atoms with Crippen LogP contribution in [-0.4, -0.2) is 6.04 Å². The second-order valence-electron chi connectivity index (χ2n) is 5.44. The number of benzene rings is 1. The van der Waals surface area contributed by atoms with E-state index in [1.807, 2.05) is 0 Å². The van der Waals surface area contributed by atoms with Gasteiger partial charge in [0.05, 0.1) is 0 Å². The Morgan fingerprint density at radius 3 is 2.12 bits per heavy atom. The molecule has 0 spiro atoms. The topological polar surface area (TPSA) is 12.0 Å². The molecule has 1 atom stereocenters. The maximum atomic E-state index is 3.69. The smallest absolute Gasteiger partial charge is 0.0322 e. The quantitative estimate of drug-likeness (QED) is 0.761. The summed E-state index contributed by atoms with van der Waals surface area (Å²) in [6, 6.07) is 7.94. The highest BCUT2D eigenvalue weighted by molar-refractivity contribution is 5.30. The zero-order valence-electron chi connectivity index (χ0n) is 12.0. The lowest BCUT2D eigenvalue weighted by atomic mass is 9.97. The third-order valence-electron chi connectivity index (χ3n) is 3.03. The van der Waals surface area contributed by atoms with Gasteiger partial charge in [0.25, 0.3) is 0 Å². The second kappa shape index (κ2) is 6.80. The predicted octanol–water partition coefficient (Wildman–Crippen LogP) is 4.53. The largest absolute Gasteiger partial charge is 0.308 e. The molecule has 0 aromatic heterocycles. The van der Waals surface area contributed by atoms with E-state index in [9.17, 15) is 0 Å². The lowest BCUT2D eigenvalue weighted by Gasteiger charge is -2.22. The molecule has 0 radical (unpaired) electrons. The summed E-state index contributed by atoms with van der Waals surface area (Å²) in [6.07, 6.45) is 3.79. The zero-order valence-corrected chi connectivity index (χ0v) is 12.0. The van der Waals surface area contributed by atoms with Crippen LogP contribution in [0.3, 0.4) is 0 Å². The first-order valence-electron chi connectivity index (χ1n) is 6.87. The first-order valence-corrected chi connectivity index (χ1v) is 6.87. The molecular weight excluding hydrogens is 206 g/mol. The molecule has 1 aromatic carbocycles. The van der Waals surface area contributed by atoms with Gasteiger partial charge in [-0.25, -0.2) is 0 Å². The van der Waals surface area contributed by atoms with E-state index >= 15 is 0 Å². The van der Waals surface area contributed by atoms with E-state index in [1.165, 1.54) is 36.0 Å². The van der Waals surface area contributed by atoms with E-state index in [0.717, 1.165) is 0 Å². The van der Waals surface area contributed by atoms with Crippen LogP contribution in [0.15, 0.2) is 18.2 Å². The fourth-order valence-electron chi connectivity index (χ4n) is 2.37. The van der Waals surface area contributed by atoms with Gasteiger partial charge in [-0.3, -0.25) is 0 Å². The summed E-state index contributed by atoms with van der Waals surface area (Å²) in [5.74, 6) is 0. The van der Waals surface area contributed by atoms with Crippen LogP contribution in [-0.2, 0) is 0 Å². The third kappa shape index (κ3) is 4.91. The Morgan fingerprint density at radius 2 is 1.65 bits per heavy atom. The Kier molecular flexibility index (Phi) is 5.70. The van der Waals surface area contributed by atoms with Crippen molar-refractivity contribution in [1.82, 2.24) is 5.32 Å². The zero-order chi connectivity index (χ0) is 12.8. The lowest BCUT2D eigenvalue weighted by molar-refractivity contribution is 0.439. The van der Waals surface area contributed by atoms with Gasteiger partial charge >= 0.3 is 0 Å². The molecule has 1 heteroatoms. The highest BCUT2D eigenvalue weighted by Gasteiger charge is 2.12. The number of unbranched alkanes of at least 4 members (excludes halogenated alkanes) is 1. The molecule has 17 heavy (non-hydrogen) atoms. The summed E-state index contributed by atoms with van der Waals surface area (Å²) in [6.45, 7) is 11.1. The van der Waals surface area contributed by atoms with Crippen LogP contribution in [0.4, 0.5) is 0 Å². The number of aryl methyl sites for hydroxylation is 2. The van der Waals surface area contributed by atoms with Crippen LogP contribution >= 0.6 is 0 Å². The van der Waals surface area contributed by atoms with E-state index < -0.39 is 0 Å². The molecule has 1 rings (SSSR count). The molecule has 96 valence electrons. The molecule has 0 bridgehead atoms. The Balaban J connectivity index is 2.86. The fraction of sp³-hybridized carbons (Fsp3) is 0.625. The molecule has 0 aliphatic carbocycles. The highest BCUT2D eigenvalue weighted by Crippen LogP contribution is 2.22. The maximum absolute atomic E-state index is 3.69. The molecule has 0 amide bonds. The number of nitrogens with one attached hydrogen (secondary N) is 1. The Morgan fingerprint density at radius 1 is 1.06 bits per heavy atom. The van der Waals surface area contributed by atoms with Crippen LogP contribution in [0, 0.1) is 13.8 Å². The summed E-state index contributed by atoms with van der Waals surface area (Å²) in [5.41, 5.74) is 4.18. The molecule has 0 fully saturated rings. The average molecular weight is 233 g/mol. The van der Waals surface area contributed by atoms with E-state index in [1.54, 1.807) is 0 Å². The molecule has 1 aromatic rings. The van der Waals surface area contributed by atoms with Gasteiger partial charge < -0.3 is 5.32 Å². The number of rotatable bonds is 6. The van der Waals surface area contributed by atoms with Gasteiger partial charge in [0.15, 0.2) is 0 Å². The normalized spacial score (nSPS) is 13.1. The van der Waals surface area contributed by atoms with Crippen LogP contribution in [0.25, 0.3) is 0 Å². The van der Waals surface area contributed by atoms with E-state index in [0.29, 0.717) is 12.1 Å². The van der Waals surface area contributed by atoms with Crippen LogP contribution in [0.5, 0.6) is 0 Å². The fourth-order valence-corrected chi connectivity index (χ4v) is 2.37. The predicted molar refractivity (Wildman–Crippen MR) is 76.5 cm³/mol. The lowest BCUT2D eigenvalue weighted by Crippen LogP contribution is -2.28. The van der Waals surface area contributed by atoms with Crippen LogP contribution < -0.4 is 5.32 Å². The van der Waals surface area contributed by atoms with Crippen LogP contribution in [0.1, 0.15) is 62.8 Å².